The molecule has 1 radical (unpaired) electrons. The second kappa shape index (κ2) is 4.00. The molecule has 0 saturated carbocycles. The van der Waals surface area contributed by atoms with Crippen LogP contribution in [0.4, 0.5) is 5.69 Å². The van der Waals surface area contributed by atoms with E-state index in [1.54, 1.807) is 24.3 Å². The summed E-state index contributed by atoms with van der Waals surface area (Å²) in [4.78, 5) is 4.22. The maximum Gasteiger partial charge on any atom is 0.219 e. The Morgan fingerprint density at radius 3 is 2.47 bits per heavy atom. The zero-order valence-corrected chi connectivity index (χ0v) is 8.40. The second-order valence-electron chi connectivity index (χ2n) is 3.24. The van der Waals surface area contributed by atoms with E-state index in [9.17, 15) is 0 Å². The van der Waals surface area contributed by atoms with Crippen molar-refractivity contribution in [2.45, 2.75) is 6.92 Å². The molecule has 0 aliphatic rings. The lowest BCUT2D eigenvalue weighted by Gasteiger charge is -2.04. The largest absolute Gasteiger partial charge is 0.439 e. The van der Waals surface area contributed by atoms with E-state index < -0.39 is 0 Å². The van der Waals surface area contributed by atoms with Crippen LogP contribution in [-0.2, 0) is 0 Å². The Morgan fingerprint density at radius 2 is 1.80 bits per heavy atom. The molecule has 0 atom stereocenters. The highest BCUT2D eigenvalue weighted by Gasteiger charge is 1.98. The van der Waals surface area contributed by atoms with Crippen molar-refractivity contribution in [1.29, 1.82) is 0 Å². The molecule has 0 aliphatic carbocycles. The van der Waals surface area contributed by atoms with Gasteiger partial charge >= 0.3 is 0 Å². The van der Waals surface area contributed by atoms with E-state index in [2.05, 4.69) is 4.98 Å². The van der Waals surface area contributed by atoms with Gasteiger partial charge in [-0.2, -0.15) is 0 Å². The summed E-state index contributed by atoms with van der Waals surface area (Å²) < 4.78 is 5.52. The Labute approximate surface area is 88.5 Å². The summed E-state index contributed by atoms with van der Waals surface area (Å²) in [7, 11) is 0. The van der Waals surface area contributed by atoms with Gasteiger partial charge in [-0.3, -0.25) is 0 Å². The van der Waals surface area contributed by atoms with E-state index >= 15 is 0 Å². The van der Waals surface area contributed by atoms with Gasteiger partial charge in [0.2, 0.25) is 5.88 Å². The molecule has 75 valence electrons. The lowest BCUT2D eigenvalue weighted by Crippen LogP contribution is -1.88. The summed E-state index contributed by atoms with van der Waals surface area (Å²) in [5.74, 6) is 1.27. The lowest BCUT2D eigenvalue weighted by atomic mass is 10.3. The van der Waals surface area contributed by atoms with E-state index in [1.807, 2.05) is 25.1 Å². The van der Waals surface area contributed by atoms with Gasteiger partial charge in [0, 0.05) is 11.8 Å². The minimum Gasteiger partial charge on any atom is -0.439 e. The number of aryl methyl sites for hydroxylation is 1. The maximum absolute atomic E-state index is 7.33. The number of nitrogens with one attached hydrogen (secondary N) is 1. The van der Waals surface area contributed by atoms with Gasteiger partial charge in [-0.1, -0.05) is 6.07 Å². The molecule has 0 bridgehead atoms. The molecule has 15 heavy (non-hydrogen) atoms. The van der Waals surface area contributed by atoms with Crippen molar-refractivity contribution in [2.75, 3.05) is 0 Å². The molecular weight excluding hydrogens is 188 g/mol. The fraction of sp³-hybridized carbons (Fsp3) is 0.0833. The van der Waals surface area contributed by atoms with Gasteiger partial charge in [-0.15, -0.1) is 0 Å². The van der Waals surface area contributed by atoms with Crippen molar-refractivity contribution in [2.24, 2.45) is 0 Å². The van der Waals surface area contributed by atoms with Crippen LogP contribution in [0, 0.1) is 6.92 Å². The topological polar surface area (TPSA) is 45.9 Å². The van der Waals surface area contributed by atoms with Crippen LogP contribution in [0.25, 0.3) is 0 Å². The average Bonchev–Trinajstić information content (AvgIpc) is 2.22. The number of nitrogens with zero attached hydrogens (tertiary/aromatic N) is 1. The molecule has 1 heterocycles. The van der Waals surface area contributed by atoms with E-state index in [0.29, 0.717) is 17.3 Å². The second-order valence-corrected chi connectivity index (χ2v) is 3.24. The lowest BCUT2D eigenvalue weighted by molar-refractivity contribution is 0.462. The molecule has 2 rings (SSSR count). The molecule has 1 aromatic heterocycles. The van der Waals surface area contributed by atoms with Crippen LogP contribution >= 0.6 is 0 Å². The summed E-state index contributed by atoms with van der Waals surface area (Å²) in [6.07, 6.45) is 0. The third-order valence-corrected chi connectivity index (χ3v) is 1.94. The molecule has 1 aromatic carbocycles. The first-order valence-corrected chi connectivity index (χ1v) is 4.67. The van der Waals surface area contributed by atoms with Crippen LogP contribution in [0.1, 0.15) is 5.69 Å². The summed E-state index contributed by atoms with van der Waals surface area (Å²) in [6.45, 7) is 1.92. The van der Waals surface area contributed by atoms with Crippen molar-refractivity contribution in [1.82, 2.24) is 10.7 Å². The quantitative estimate of drug-likeness (QED) is 0.746. The van der Waals surface area contributed by atoms with E-state index in [-0.39, 0.29) is 0 Å². The van der Waals surface area contributed by atoms with Gasteiger partial charge in [0.05, 0.1) is 5.69 Å². The zero-order valence-electron chi connectivity index (χ0n) is 8.40. The van der Waals surface area contributed by atoms with Gasteiger partial charge in [-0.05, 0) is 37.3 Å². The molecule has 0 saturated heterocycles. The number of ether oxygens (including phenoxy) is 1. The van der Waals surface area contributed by atoms with Crippen LogP contribution in [0.2, 0.25) is 0 Å². The monoisotopic (exact) mass is 199 g/mol. The van der Waals surface area contributed by atoms with Crippen molar-refractivity contribution in [3.05, 3.63) is 48.2 Å². The SMILES string of the molecule is Cc1cccc(Oc2ccc([NH])cc2)n1. The Hall–Kier alpha value is -2.03. The van der Waals surface area contributed by atoms with Crippen LogP contribution in [-0.4, -0.2) is 4.98 Å². The minimum atomic E-state index is 0.472. The maximum atomic E-state index is 7.33. The predicted molar refractivity (Wildman–Crippen MR) is 58.2 cm³/mol. The molecule has 3 heteroatoms. The molecule has 2 aromatic rings. The number of aromatic nitrogens is 1. The molecule has 3 nitrogen and oxygen atoms in total. The van der Waals surface area contributed by atoms with Crippen LogP contribution in [0.3, 0.4) is 0 Å². The van der Waals surface area contributed by atoms with Crippen molar-refractivity contribution < 1.29 is 4.74 Å². The molecule has 0 amide bonds. The highest BCUT2D eigenvalue weighted by Crippen LogP contribution is 2.20. The molecular formula is C12H11N2O. The van der Waals surface area contributed by atoms with Crippen LogP contribution < -0.4 is 10.5 Å². The normalized spacial score (nSPS) is 9.93. The highest BCUT2D eigenvalue weighted by molar-refractivity contribution is 5.39. The Morgan fingerprint density at radius 1 is 1.07 bits per heavy atom. The average molecular weight is 199 g/mol. The van der Waals surface area contributed by atoms with Crippen molar-refractivity contribution >= 4 is 5.69 Å². The Balaban J connectivity index is 2.18. The zero-order chi connectivity index (χ0) is 10.7. The highest BCUT2D eigenvalue weighted by atomic mass is 16.5. The summed E-state index contributed by atoms with van der Waals surface area (Å²) in [5.41, 5.74) is 8.73. The molecule has 0 aliphatic heterocycles. The number of pyridine rings is 1. The van der Waals surface area contributed by atoms with Gasteiger partial charge < -0.3 is 10.5 Å². The van der Waals surface area contributed by atoms with Gasteiger partial charge in [0.25, 0.3) is 0 Å². The third-order valence-electron chi connectivity index (χ3n) is 1.94. The number of benzene rings is 1. The molecule has 1 N–H and O–H groups in total. The number of hydrogen-bond acceptors (Lipinski definition) is 2. The van der Waals surface area contributed by atoms with Crippen LogP contribution in [0.15, 0.2) is 42.5 Å². The van der Waals surface area contributed by atoms with Crippen LogP contribution in [0.5, 0.6) is 11.6 Å². The summed E-state index contributed by atoms with van der Waals surface area (Å²) >= 11 is 0. The van der Waals surface area contributed by atoms with Gasteiger partial charge in [-0.25, -0.2) is 4.98 Å². The fourth-order valence-electron chi connectivity index (χ4n) is 1.22. The molecule has 0 spiro atoms. The van der Waals surface area contributed by atoms with Crippen molar-refractivity contribution in [3.8, 4) is 11.6 Å². The first-order chi connectivity index (χ1) is 7.24. The standard InChI is InChI=1S/C12H11N2O/c1-9-3-2-4-12(14-9)15-11-7-5-10(13)6-8-11/h2-8,13H,1H3. The Kier molecular flexibility index (Phi) is 2.54. The third kappa shape index (κ3) is 2.47. The first kappa shape index (κ1) is 9.52. The van der Waals surface area contributed by atoms with Gasteiger partial charge in [0.1, 0.15) is 5.75 Å². The molecule has 0 unspecified atom stereocenters. The van der Waals surface area contributed by atoms with E-state index in [0.717, 1.165) is 5.69 Å². The predicted octanol–water partition coefficient (Wildman–Crippen LogP) is 3.10. The van der Waals surface area contributed by atoms with E-state index in [4.69, 9.17) is 10.5 Å². The summed E-state index contributed by atoms with van der Waals surface area (Å²) in [6, 6.07) is 12.5. The minimum absolute atomic E-state index is 0.472. The smallest absolute Gasteiger partial charge is 0.219 e. The summed E-state index contributed by atoms with van der Waals surface area (Å²) in [5, 5.41) is 0. The van der Waals surface area contributed by atoms with E-state index in [1.165, 1.54) is 0 Å². The van der Waals surface area contributed by atoms with Crippen molar-refractivity contribution in [3.63, 3.8) is 0 Å². The fourth-order valence-corrected chi connectivity index (χ4v) is 1.22. The molecule has 0 fully saturated rings. The Bertz CT molecular complexity index is 451. The number of hydrogen-bond donors (Lipinski definition) is 0. The number of rotatable bonds is 2. The first-order valence-electron chi connectivity index (χ1n) is 4.67. The van der Waals surface area contributed by atoms with Gasteiger partial charge in [0.15, 0.2) is 0 Å².